The van der Waals surface area contributed by atoms with E-state index in [4.69, 9.17) is 21.3 Å². The Morgan fingerprint density at radius 1 is 1.00 bits per heavy atom. The number of para-hydroxylation sites is 2. The first kappa shape index (κ1) is 23.8. The number of imidazole rings is 1. The average molecular weight is 476 g/mol. The average Bonchev–Trinajstić information content (AvgIpc) is 3.18. The molecule has 1 amide bonds. The number of ether oxygens (including phenoxy) is 1. The zero-order valence-electron chi connectivity index (χ0n) is 19.8. The molecule has 4 aromatic rings. The van der Waals surface area contributed by atoms with Crippen LogP contribution in [0, 0.1) is 0 Å². The molecule has 34 heavy (non-hydrogen) atoms. The monoisotopic (exact) mass is 475 g/mol. The van der Waals surface area contributed by atoms with Crippen LogP contribution < -0.4 is 10.1 Å². The highest BCUT2D eigenvalue weighted by atomic mass is 35.5. The molecule has 4 rings (SSSR count). The Hall–Kier alpha value is -3.31. The maximum absolute atomic E-state index is 12.6. The topological polar surface area (TPSA) is 56.1 Å². The quantitative estimate of drug-likeness (QED) is 0.300. The fourth-order valence-electron chi connectivity index (χ4n) is 3.87. The van der Waals surface area contributed by atoms with Crippen LogP contribution in [-0.2, 0) is 18.5 Å². The lowest BCUT2D eigenvalue weighted by Crippen LogP contribution is -2.25. The van der Waals surface area contributed by atoms with Crippen molar-refractivity contribution in [3.05, 3.63) is 94.8 Å². The number of hydrogen-bond donors (Lipinski definition) is 1. The molecule has 3 aromatic carbocycles. The number of aromatic nitrogens is 2. The van der Waals surface area contributed by atoms with Crippen LogP contribution in [0.5, 0.6) is 5.75 Å². The Kier molecular flexibility index (Phi) is 7.23. The van der Waals surface area contributed by atoms with Crippen molar-refractivity contribution in [3.63, 3.8) is 0 Å². The molecule has 0 saturated heterocycles. The normalized spacial score (nSPS) is 11.5. The molecule has 1 N–H and O–H groups in total. The molecule has 0 aliphatic carbocycles. The Labute approximate surface area is 205 Å². The van der Waals surface area contributed by atoms with Gasteiger partial charge in [-0.25, -0.2) is 4.98 Å². The molecule has 0 aliphatic rings. The minimum atomic E-state index is -0.216. The van der Waals surface area contributed by atoms with E-state index in [9.17, 15) is 4.79 Å². The van der Waals surface area contributed by atoms with Gasteiger partial charge in [0.2, 0.25) is 0 Å². The second kappa shape index (κ2) is 10.3. The zero-order valence-corrected chi connectivity index (χ0v) is 20.6. The van der Waals surface area contributed by atoms with E-state index in [1.165, 1.54) is 5.56 Å². The number of carbonyl (C=O) groups is 1. The van der Waals surface area contributed by atoms with Gasteiger partial charge >= 0.3 is 0 Å². The summed E-state index contributed by atoms with van der Waals surface area (Å²) < 4.78 is 8.12. The van der Waals surface area contributed by atoms with Crippen molar-refractivity contribution >= 4 is 28.5 Å². The van der Waals surface area contributed by atoms with Gasteiger partial charge in [-0.05, 0) is 53.8 Å². The lowest BCUT2D eigenvalue weighted by atomic mass is 9.87. The van der Waals surface area contributed by atoms with E-state index in [2.05, 4.69) is 42.8 Å². The van der Waals surface area contributed by atoms with Gasteiger partial charge in [-0.1, -0.05) is 68.8 Å². The first-order valence-corrected chi connectivity index (χ1v) is 11.9. The molecule has 0 unspecified atom stereocenters. The maximum Gasteiger partial charge on any atom is 0.253 e. The summed E-state index contributed by atoms with van der Waals surface area (Å²) in [7, 11) is 0. The molecule has 0 atom stereocenters. The number of hydrogen-bond acceptors (Lipinski definition) is 3. The van der Waals surface area contributed by atoms with E-state index in [0.717, 1.165) is 35.6 Å². The van der Waals surface area contributed by atoms with Gasteiger partial charge < -0.3 is 14.6 Å². The molecule has 0 aliphatic heterocycles. The van der Waals surface area contributed by atoms with Crippen molar-refractivity contribution in [2.24, 2.45) is 0 Å². The molecule has 1 aromatic heterocycles. The number of aryl methyl sites for hydroxylation is 1. The second-order valence-electron chi connectivity index (χ2n) is 9.31. The van der Waals surface area contributed by atoms with Crippen molar-refractivity contribution in [1.29, 1.82) is 0 Å². The SMILES string of the molecule is CC(C)(C)c1ccc(OCCCn2c(CNC(=O)c3ccccc3Cl)nc3ccccc32)cc1. The summed E-state index contributed by atoms with van der Waals surface area (Å²) in [5.74, 6) is 1.46. The standard InChI is InChI=1S/C28H30ClN3O2/c1-28(2,3)20-13-15-21(16-14-20)34-18-8-17-32-25-12-7-6-11-24(25)31-26(32)19-30-27(33)22-9-4-5-10-23(22)29/h4-7,9-16H,8,17-19H2,1-3H3,(H,30,33). The number of benzene rings is 3. The summed E-state index contributed by atoms with van der Waals surface area (Å²) in [6.07, 6.45) is 0.812. The molecule has 0 radical (unpaired) electrons. The highest BCUT2D eigenvalue weighted by Gasteiger charge is 2.15. The predicted molar refractivity (Wildman–Crippen MR) is 138 cm³/mol. The zero-order chi connectivity index (χ0) is 24.1. The van der Waals surface area contributed by atoms with Gasteiger partial charge in [-0.15, -0.1) is 0 Å². The molecule has 0 saturated carbocycles. The van der Waals surface area contributed by atoms with Crippen molar-refractivity contribution in [2.75, 3.05) is 6.61 Å². The third-order valence-corrected chi connectivity index (χ3v) is 6.10. The maximum atomic E-state index is 12.6. The molecular weight excluding hydrogens is 446 g/mol. The van der Waals surface area contributed by atoms with Crippen molar-refractivity contribution in [2.45, 2.75) is 45.7 Å². The lowest BCUT2D eigenvalue weighted by molar-refractivity contribution is 0.0949. The third kappa shape index (κ3) is 5.60. The van der Waals surface area contributed by atoms with Crippen LogP contribution >= 0.6 is 11.6 Å². The van der Waals surface area contributed by atoms with Crippen LogP contribution in [0.1, 0.15) is 48.9 Å². The number of fused-ring (bicyclic) bond motifs is 1. The fourth-order valence-corrected chi connectivity index (χ4v) is 4.10. The van der Waals surface area contributed by atoms with Crippen LogP contribution in [0.15, 0.2) is 72.8 Å². The summed E-state index contributed by atoms with van der Waals surface area (Å²) in [6.45, 7) is 8.24. The molecule has 0 fully saturated rings. The van der Waals surface area contributed by atoms with Crippen LogP contribution in [0.3, 0.4) is 0 Å². The van der Waals surface area contributed by atoms with Gasteiger partial charge in [0, 0.05) is 6.54 Å². The molecule has 5 nitrogen and oxygen atoms in total. The number of carbonyl (C=O) groups excluding carboxylic acids is 1. The predicted octanol–water partition coefficient (Wildman–Crippen LogP) is 6.39. The van der Waals surface area contributed by atoms with Crippen LogP contribution in [0.2, 0.25) is 5.02 Å². The lowest BCUT2D eigenvalue weighted by Gasteiger charge is -2.19. The molecular formula is C28H30ClN3O2. The van der Waals surface area contributed by atoms with E-state index in [0.29, 0.717) is 23.7 Å². The first-order valence-electron chi connectivity index (χ1n) is 11.5. The molecule has 176 valence electrons. The van der Waals surface area contributed by atoms with Gasteiger partial charge in [-0.3, -0.25) is 4.79 Å². The van der Waals surface area contributed by atoms with E-state index in [-0.39, 0.29) is 11.3 Å². The number of nitrogens with one attached hydrogen (secondary N) is 1. The molecule has 6 heteroatoms. The first-order chi connectivity index (χ1) is 16.3. The van der Waals surface area contributed by atoms with Crippen LogP contribution in [0.4, 0.5) is 0 Å². The largest absolute Gasteiger partial charge is 0.494 e. The summed E-state index contributed by atoms with van der Waals surface area (Å²) in [5, 5.41) is 3.38. The van der Waals surface area contributed by atoms with Crippen molar-refractivity contribution in [3.8, 4) is 5.75 Å². The Bertz CT molecular complexity index is 1270. The number of halogens is 1. The number of amides is 1. The summed E-state index contributed by atoms with van der Waals surface area (Å²) in [4.78, 5) is 17.4. The Morgan fingerprint density at radius 2 is 1.71 bits per heavy atom. The molecule has 1 heterocycles. The minimum Gasteiger partial charge on any atom is -0.494 e. The van der Waals surface area contributed by atoms with Crippen molar-refractivity contribution < 1.29 is 9.53 Å². The van der Waals surface area contributed by atoms with Crippen molar-refractivity contribution in [1.82, 2.24) is 14.9 Å². The Balaban J connectivity index is 1.40. The molecule has 0 spiro atoms. The Morgan fingerprint density at radius 3 is 2.44 bits per heavy atom. The highest BCUT2D eigenvalue weighted by Crippen LogP contribution is 2.24. The minimum absolute atomic E-state index is 0.124. The fraction of sp³-hybridized carbons (Fsp3) is 0.286. The van der Waals surface area contributed by atoms with Gasteiger partial charge in [0.1, 0.15) is 11.6 Å². The van der Waals surface area contributed by atoms with E-state index in [1.54, 1.807) is 24.3 Å². The van der Waals surface area contributed by atoms with Gasteiger partial charge in [0.15, 0.2) is 0 Å². The van der Waals surface area contributed by atoms with E-state index < -0.39 is 0 Å². The number of nitrogens with zero attached hydrogens (tertiary/aromatic N) is 2. The van der Waals surface area contributed by atoms with E-state index in [1.807, 2.05) is 36.4 Å². The van der Waals surface area contributed by atoms with Gasteiger partial charge in [-0.2, -0.15) is 0 Å². The summed E-state index contributed by atoms with van der Waals surface area (Å²) >= 11 is 6.17. The smallest absolute Gasteiger partial charge is 0.253 e. The van der Waals surface area contributed by atoms with Gasteiger partial charge in [0.25, 0.3) is 5.91 Å². The van der Waals surface area contributed by atoms with E-state index >= 15 is 0 Å². The summed E-state index contributed by atoms with van der Waals surface area (Å²) in [5.41, 5.74) is 3.81. The third-order valence-electron chi connectivity index (χ3n) is 5.77. The van der Waals surface area contributed by atoms with Crippen LogP contribution in [0.25, 0.3) is 11.0 Å². The van der Waals surface area contributed by atoms with Gasteiger partial charge in [0.05, 0.1) is 34.8 Å². The van der Waals surface area contributed by atoms with Crippen LogP contribution in [-0.4, -0.2) is 22.1 Å². The summed E-state index contributed by atoms with van der Waals surface area (Å²) in [6, 6.07) is 23.3. The highest BCUT2D eigenvalue weighted by molar-refractivity contribution is 6.33. The second-order valence-corrected chi connectivity index (χ2v) is 9.71. The number of rotatable bonds is 8. The molecule has 0 bridgehead atoms.